The number of anilines is 1. The van der Waals surface area contributed by atoms with Gasteiger partial charge in [-0.3, -0.25) is 4.72 Å². The van der Waals surface area contributed by atoms with Crippen molar-refractivity contribution in [1.82, 2.24) is 4.72 Å². The minimum absolute atomic E-state index is 0.00974. The van der Waals surface area contributed by atoms with Crippen LogP contribution in [0.15, 0.2) is 24.3 Å². The second-order valence-corrected chi connectivity index (χ2v) is 4.24. The molecule has 0 bridgehead atoms. The van der Waals surface area contributed by atoms with Crippen LogP contribution in [0.1, 0.15) is 6.92 Å². The van der Waals surface area contributed by atoms with Gasteiger partial charge < -0.3 is 10.1 Å². The van der Waals surface area contributed by atoms with Gasteiger partial charge in [0.25, 0.3) is 0 Å². The average molecular weight is 283 g/mol. The fraction of sp³-hybridized carbons (Fsp3) is 0.400. The van der Waals surface area contributed by atoms with E-state index in [1.807, 2.05) is 6.92 Å². The largest absolute Gasteiger partial charge is 0.487 e. The first-order chi connectivity index (χ1) is 7.90. The molecule has 0 aliphatic heterocycles. The van der Waals surface area contributed by atoms with E-state index >= 15 is 0 Å². The Bertz CT molecular complexity index is 345. The number of alkyl halides is 3. The maximum absolute atomic E-state index is 12.3. The number of nitrogens with one attached hydrogen (secondary N) is 2. The molecule has 0 saturated carbocycles. The fourth-order valence-corrected chi connectivity index (χ4v) is 1.59. The van der Waals surface area contributed by atoms with Crippen molar-refractivity contribution in [1.29, 1.82) is 0 Å². The van der Waals surface area contributed by atoms with Gasteiger partial charge in [0.1, 0.15) is 5.75 Å². The summed E-state index contributed by atoms with van der Waals surface area (Å²) in [5.74, 6) is 0.00974. The monoisotopic (exact) mass is 282 g/mol. The van der Waals surface area contributed by atoms with E-state index in [9.17, 15) is 8.78 Å². The van der Waals surface area contributed by atoms with E-state index in [-0.39, 0.29) is 11.8 Å². The minimum Gasteiger partial charge on any atom is -0.420 e. The highest BCUT2D eigenvalue weighted by Crippen LogP contribution is 2.25. The summed E-state index contributed by atoms with van der Waals surface area (Å²) in [5.41, 5.74) is -2.88. The molecule has 7 heteroatoms. The molecule has 2 N–H and O–H groups in total. The van der Waals surface area contributed by atoms with Crippen molar-refractivity contribution in [2.75, 3.05) is 11.9 Å². The number of hydrogen-bond donors (Lipinski definition) is 3. The van der Waals surface area contributed by atoms with Crippen LogP contribution in [0.3, 0.4) is 0 Å². The van der Waals surface area contributed by atoms with Crippen LogP contribution in [0.5, 0.6) is 5.75 Å². The number of benzene rings is 1. The van der Waals surface area contributed by atoms with Gasteiger partial charge >= 0.3 is 5.57 Å². The summed E-state index contributed by atoms with van der Waals surface area (Å²) in [6, 6.07) is 6.26. The molecule has 0 radical (unpaired) electrons. The lowest BCUT2D eigenvalue weighted by Crippen LogP contribution is -2.25. The van der Waals surface area contributed by atoms with Crippen LogP contribution in [-0.2, 0) is 0 Å². The Labute approximate surface area is 109 Å². The Morgan fingerprint density at radius 3 is 2.47 bits per heavy atom. The first-order valence-corrected chi connectivity index (χ1v) is 5.72. The molecule has 0 spiro atoms. The maximum Gasteiger partial charge on any atom is 0.487 e. The smallest absolute Gasteiger partial charge is 0.420 e. The van der Waals surface area contributed by atoms with Crippen molar-refractivity contribution in [2.45, 2.75) is 18.5 Å². The number of hydrogen-bond acceptors (Lipinski definition) is 4. The predicted octanol–water partition coefficient (Wildman–Crippen LogP) is 3.09. The van der Waals surface area contributed by atoms with Crippen molar-refractivity contribution in [3.05, 3.63) is 24.3 Å². The van der Waals surface area contributed by atoms with Crippen LogP contribution in [0.2, 0.25) is 0 Å². The lowest BCUT2D eigenvalue weighted by molar-refractivity contribution is -0.0964. The standard InChI is InChI=1S/C10H13ClF2N2OS/c1-7(6-14-17)15-8-2-4-9(5-3-8)16-10(11,12)13/h2-5,7,14-15,17H,6H2,1H3. The maximum atomic E-state index is 12.3. The van der Waals surface area contributed by atoms with Gasteiger partial charge in [-0.15, -0.1) is 8.78 Å². The third-order valence-electron chi connectivity index (χ3n) is 1.90. The summed E-state index contributed by atoms with van der Waals surface area (Å²) in [6.45, 7) is 2.63. The van der Waals surface area contributed by atoms with Gasteiger partial charge in [-0.05, 0) is 31.2 Å². The molecule has 1 atom stereocenters. The molecule has 3 nitrogen and oxygen atoms in total. The highest BCUT2D eigenvalue weighted by atomic mass is 35.5. The van der Waals surface area contributed by atoms with Gasteiger partial charge in [0.15, 0.2) is 0 Å². The minimum atomic E-state index is -3.68. The lowest BCUT2D eigenvalue weighted by Gasteiger charge is -2.15. The molecule has 1 unspecified atom stereocenters. The van der Waals surface area contributed by atoms with Crippen molar-refractivity contribution >= 4 is 30.1 Å². The Morgan fingerprint density at radius 2 is 2.00 bits per heavy atom. The second-order valence-electron chi connectivity index (χ2n) is 3.48. The third kappa shape index (κ3) is 5.95. The zero-order chi connectivity index (χ0) is 12.9. The van der Waals surface area contributed by atoms with E-state index in [4.69, 9.17) is 0 Å². The molecule has 0 heterocycles. The average Bonchev–Trinajstić information content (AvgIpc) is 2.19. The van der Waals surface area contributed by atoms with Gasteiger partial charge in [-0.2, -0.15) is 0 Å². The van der Waals surface area contributed by atoms with E-state index in [0.29, 0.717) is 6.54 Å². The van der Waals surface area contributed by atoms with E-state index in [1.165, 1.54) is 12.1 Å². The molecule has 0 fully saturated rings. The summed E-state index contributed by atoms with van der Waals surface area (Å²) in [4.78, 5) is 0. The highest BCUT2D eigenvalue weighted by molar-refractivity contribution is 7.78. The summed E-state index contributed by atoms with van der Waals surface area (Å²) in [7, 11) is 0. The zero-order valence-electron chi connectivity index (χ0n) is 9.08. The quantitative estimate of drug-likeness (QED) is 0.554. The predicted molar refractivity (Wildman–Crippen MR) is 67.9 cm³/mol. The first kappa shape index (κ1) is 14.3. The number of thiol groups is 1. The summed E-state index contributed by atoms with van der Waals surface area (Å²) in [6.07, 6.45) is 0. The molecule has 1 rings (SSSR count). The third-order valence-corrected chi connectivity index (χ3v) is 2.16. The van der Waals surface area contributed by atoms with Crippen LogP contribution in [0.25, 0.3) is 0 Å². The van der Waals surface area contributed by atoms with Crippen molar-refractivity contribution < 1.29 is 13.5 Å². The lowest BCUT2D eigenvalue weighted by atomic mass is 10.2. The first-order valence-electron chi connectivity index (χ1n) is 4.90. The summed E-state index contributed by atoms with van der Waals surface area (Å²) in [5, 5.41) is 3.15. The van der Waals surface area contributed by atoms with Gasteiger partial charge in [-0.1, -0.05) is 12.8 Å². The number of rotatable bonds is 6. The Balaban J connectivity index is 2.56. The van der Waals surface area contributed by atoms with Crippen LogP contribution in [0, 0.1) is 0 Å². The van der Waals surface area contributed by atoms with E-state index in [0.717, 1.165) is 5.69 Å². The Morgan fingerprint density at radius 1 is 1.41 bits per heavy atom. The molecular formula is C10H13ClF2N2OS. The number of ether oxygens (including phenoxy) is 1. The molecule has 0 aromatic heterocycles. The number of halogens is 3. The van der Waals surface area contributed by atoms with Crippen LogP contribution >= 0.6 is 24.4 Å². The zero-order valence-corrected chi connectivity index (χ0v) is 10.7. The van der Waals surface area contributed by atoms with Crippen molar-refractivity contribution in [3.8, 4) is 5.75 Å². The SMILES string of the molecule is CC(CNS)Nc1ccc(OC(F)(F)Cl)cc1. The van der Waals surface area contributed by atoms with Crippen molar-refractivity contribution in [3.63, 3.8) is 0 Å². The Hall–Kier alpha value is -0.720. The molecule has 0 aliphatic rings. The van der Waals surface area contributed by atoms with E-state index in [1.54, 1.807) is 12.1 Å². The van der Waals surface area contributed by atoms with Crippen LogP contribution in [0.4, 0.5) is 14.5 Å². The summed E-state index contributed by atoms with van der Waals surface area (Å²) < 4.78 is 31.6. The highest BCUT2D eigenvalue weighted by Gasteiger charge is 2.27. The topological polar surface area (TPSA) is 33.3 Å². The van der Waals surface area contributed by atoms with Crippen molar-refractivity contribution in [2.24, 2.45) is 0 Å². The molecule has 96 valence electrons. The van der Waals surface area contributed by atoms with Gasteiger partial charge in [0.05, 0.1) is 0 Å². The van der Waals surface area contributed by atoms with E-state index < -0.39 is 5.57 Å². The molecule has 1 aromatic rings. The Kier molecular flexibility index (Phi) is 5.30. The molecule has 0 amide bonds. The fourth-order valence-electron chi connectivity index (χ4n) is 1.23. The van der Waals surface area contributed by atoms with E-state index in [2.05, 4.69) is 39.2 Å². The molecule has 1 aromatic carbocycles. The molecular weight excluding hydrogens is 270 g/mol. The molecule has 0 aliphatic carbocycles. The second kappa shape index (κ2) is 6.28. The van der Waals surface area contributed by atoms with Crippen LogP contribution in [-0.4, -0.2) is 18.2 Å². The van der Waals surface area contributed by atoms with Gasteiger partial charge in [-0.25, -0.2) is 0 Å². The summed E-state index contributed by atoms with van der Waals surface area (Å²) >= 11 is 8.53. The molecule has 17 heavy (non-hydrogen) atoms. The van der Waals surface area contributed by atoms with Crippen LogP contribution < -0.4 is 14.8 Å². The van der Waals surface area contributed by atoms with Gasteiger partial charge in [0, 0.05) is 29.9 Å². The van der Waals surface area contributed by atoms with Gasteiger partial charge in [0.2, 0.25) is 0 Å². The molecule has 0 saturated heterocycles. The normalized spacial score (nSPS) is 13.2.